The molecule has 0 atom stereocenters. The predicted octanol–water partition coefficient (Wildman–Crippen LogP) is 1.93. The van der Waals surface area contributed by atoms with Gasteiger partial charge in [0.2, 0.25) is 0 Å². The number of sulfonamides is 1. The molecule has 19 heavy (non-hydrogen) atoms. The molecule has 0 aliphatic carbocycles. The molecule has 100 valence electrons. The fraction of sp³-hybridized carbons (Fsp3) is 0.0909. The summed E-state index contributed by atoms with van der Waals surface area (Å²) in [5.74, 6) is -0.0446. The van der Waals surface area contributed by atoms with Crippen molar-refractivity contribution >= 4 is 37.5 Å². The monoisotopic (exact) mass is 342 g/mol. The van der Waals surface area contributed by atoms with Gasteiger partial charge in [-0.05, 0) is 46.6 Å². The van der Waals surface area contributed by atoms with Crippen LogP contribution in [0.1, 0.15) is 5.56 Å². The number of hydrogen-bond acceptors (Lipinski definition) is 5. The van der Waals surface area contributed by atoms with E-state index in [0.29, 0.717) is 10.3 Å². The highest BCUT2D eigenvalue weighted by Crippen LogP contribution is 2.21. The van der Waals surface area contributed by atoms with Crippen molar-refractivity contribution in [3.8, 4) is 0 Å². The van der Waals surface area contributed by atoms with E-state index >= 15 is 0 Å². The van der Waals surface area contributed by atoms with Crippen LogP contribution in [0.2, 0.25) is 0 Å². The number of nitrogens with two attached hydrogens (primary N) is 1. The predicted molar refractivity (Wildman–Crippen MR) is 76.1 cm³/mol. The normalized spacial score (nSPS) is 11.3. The Bertz CT molecular complexity index is 718. The fourth-order valence-corrected chi connectivity index (χ4v) is 2.79. The van der Waals surface area contributed by atoms with Crippen LogP contribution in [0, 0.1) is 6.92 Å². The number of rotatable bonds is 3. The van der Waals surface area contributed by atoms with E-state index in [4.69, 9.17) is 5.73 Å². The first-order valence-electron chi connectivity index (χ1n) is 5.25. The molecule has 0 saturated carbocycles. The molecular weight excluding hydrogens is 332 g/mol. The van der Waals surface area contributed by atoms with Crippen molar-refractivity contribution < 1.29 is 8.42 Å². The van der Waals surface area contributed by atoms with Gasteiger partial charge in [-0.15, -0.1) is 0 Å². The number of nitrogen functional groups attached to an aromatic ring is 1. The second-order valence-corrected chi connectivity index (χ2v) is 6.23. The first-order valence-corrected chi connectivity index (χ1v) is 7.53. The zero-order valence-corrected chi connectivity index (χ0v) is 12.4. The van der Waals surface area contributed by atoms with Crippen LogP contribution >= 0.6 is 15.9 Å². The summed E-state index contributed by atoms with van der Waals surface area (Å²) in [6, 6.07) is 4.57. The lowest BCUT2D eigenvalue weighted by molar-refractivity contribution is 0.601. The Hall–Kier alpha value is -1.67. The molecule has 0 aliphatic heterocycles. The van der Waals surface area contributed by atoms with Crippen molar-refractivity contribution in [2.45, 2.75) is 11.8 Å². The van der Waals surface area contributed by atoms with Gasteiger partial charge in [-0.3, -0.25) is 4.72 Å². The molecule has 2 aromatic heterocycles. The molecule has 0 aromatic carbocycles. The summed E-state index contributed by atoms with van der Waals surface area (Å²) in [6.07, 6.45) is 2.85. The molecule has 0 saturated heterocycles. The van der Waals surface area contributed by atoms with Gasteiger partial charge in [0, 0.05) is 6.20 Å². The Morgan fingerprint density at radius 3 is 2.74 bits per heavy atom. The maximum absolute atomic E-state index is 12.1. The number of anilines is 2. The Morgan fingerprint density at radius 2 is 2.11 bits per heavy atom. The number of halogens is 1. The largest absolute Gasteiger partial charge is 0.383 e. The zero-order chi connectivity index (χ0) is 14.0. The molecule has 0 spiro atoms. The van der Waals surface area contributed by atoms with Crippen LogP contribution in [-0.4, -0.2) is 18.4 Å². The summed E-state index contributed by atoms with van der Waals surface area (Å²) in [5, 5.41) is 0. The van der Waals surface area contributed by atoms with Crippen LogP contribution in [0.5, 0.6) is 0 Å². The van der Waals surface area contributed by atoms with Gasteiger partial charge in [0.25, 0.3) is 10.0 Å². The van der Waals surface area contributed by atoms with Gasteiger partial charge in [0.15, 0.2) is 0 Å². The summed E-state index contributed by atoms with van der Waals surface area (Å²) < 4.78 is 27.4. The van der Waals surface area contributed by atoms with Crippen molar-refractivity contribution in [3.63, 3.8) is 0 Å². The lowest BCUT2D eigenvalue weighted by Crippen LogP contribution is -2.15. The van der Waals surface area contributed by atoms with E-state index in [1.807, 2.05) is 6.92 Å². The van der Waals surface area contributed by atoms with Crippen molar-refractivity contribution in [3.05, 3.63) is 40.8 Å². The highest BCUT2D eigenvalue weighted by molar-refractivity contribution is 9.10. The van der Waals surface area contributed by atoms with Crippen LogP contribution in [-0.2, 0) is 10.0 Å². The molecule has 0 amide bonds. The molecule has 3 N–H and O–H groups in total. The first-order chi connectivity index (χ1) is 8.90. The summed E-state index contributed by atoms with van der Waals surface area (Å²) >= 11 is 3.25. The highest BCUT2D eigenvalue weighted by Gasteiger charge is 2.18. The minimum absolute atomic E-state index is 0.0446. The van der Waals surface area contributed by atoms with Crippen LogP contribution < -0.4 is 10.5 Å². The van der Waals surface area contributed by atoms with Crippen molar-refractivity contribution in [2.75, 3.05) is 10.5 Å². The molecule has 0 bridgehead atoms. The quantitative estimate of drug-likeness (QED) is 0.830. The third-order valence-electron chi connectivity index (χ3n) is 2.36. The van der Waals surface area contributed by atoms with Gasteiger partial charge in [-0.1, -0.05) is 0 Å². The Labute approximate surface area is 119 Å². The maximum Gasteiger partial charge on any atom is 0.265 e. The van der Waals surface area contributed by atoms with E-state index in [1.165, 1.54) is 24.5 Å². The van der Waals surface area contributed by atoms with E-state index in [9.17, 15) is 8.42 Å². The van der Waals surface area contributed by atoms with Gasteiger partial charge in [-0.25, -0.2) is 18.4 Å². The van der Waals surface area contributed by atoms with E-state index < -0.39 is 10.0 Å². The Balaban J connectivity index is 2.37. The second-order valence-electron chi connectivity index (χ2n) is 3.82. The van der Waals surface area contributed by atoms with Crippen LogP contribution in [0.15, 0.2) is 40.1 Å². The molecule has 2 aromatic rings. The summed E-state index contributed by atoms with van der Waals surface area (Å²) in [6.45, 7) is 1.81. The average molecular weight is 343 g/mol. The number of aromatic nitrogens is 2. The molecular formula is C11H11BrN4O2S. The summed E-state index contributed by atoms with van der Waals surface area (Å²) in [7, 11) is -3.77. The highest BCUT2D eigenvalue weighted by atomic mass is 79.9. The smallest absolute Gasteiger partial charge is 0.265 e. The molecule has 8 heteroatoms. The van der Waals surface area contributed by atoms with E-state index in [2.05, 4.69) is 30.6 Å². The minimum Gasteiger partial charge on any atom is -0.383 e. The van der Waals surface area contributed by atoms with Crippen molar-refractivity contribution in [1.29, 1.82) is 0 Å². The van der Waals surface area contributed by atoms with Gasteiger partial charge >= 0.3 is 0 Å². The number of aryl methyl sites for hydroxylation is 1. The molecule has 2 rings (SSSR count). The lowest BCUT2D eigenvalue weighted by atomic mass is 10.3. The second kappa shape index (κ2) is 5.14. The lowest BCUT2D eigenvalue weighted by Gasteiger charge is -2.09. The van der Waals surface area contributed by atoms with Gasteiger partial charge in [0.05, 0.1) is 11.9 Å². The van der Waals surface area contributed by atoms with Gasteiger partial charge in [-0.2, -0.15) is 0 Å². The third-order valence-corrected chi connectivity index (χ3v) is 4.61. The zero-order valence-electron chi connectivity index (χ0n) is 9.96. The molecule has 0 unspecified atom stereocenters. The molecule has 6 nitrogen and oxygen atoms in total. The standard InChI is InChI=1S/C11H11BrN4O2S/c1-7-5-8(6-15-10(7)12)16-19(17,18)9-3-2-4-14-11(9)13/h2-6,16H,1H3,(H2,13,14). The Kier molecular flexibility index (Phi) is 3.72. The Morgan fingerprint density at radius 1 is 1.37 bits per heavy atom. The summed E-state index contributed by atoms with van der Waals surface area (Å²) in [4.78, 5) is 7.72. The number of nitrogens with one attached hydrogen (secondary N) is 1. The van der Waals surface area contributed by atoms with Crippen LogP contribution in [0.25, 0.3) is 0 Å². The van der Waals surface area contributed by atoms with Crippen LogP contribution in [0.4, 0.5) is 11.5 Å². The first kappa shape index (κ1) is 13.8. The van der Waals surface area contributed by atoms with E-state index in [-0.39, 0.29) is 10.7 Å². The number of pyridine rings is 2. The van der Waals surface area contributed by atoms with E-state index in [1.54, 1.807) is 6.07 Å². The minimum atomic E-state index is -3.77. The maximum atomic E-state index is 12.1. The molecule has 0 aliphatic rings. The average Bonchev–Trinajstić information content (AvgIpc) is 2.34. The van der Waals surface area contributed by atoms with Crippen molar-refractivity contribution in [2.24, 2.45) is 0 Å². The summed E-state index contributed by atoms with van der Waals surface area (Å²) in [5.41, 5.74) is 6.74. The topological polar surface area (TPSA) is 98.0 Å². The van der Waals surface area contributed by atoms with Crippen LogP contribution in [0.3, 0.4) is 0 Å². The molecule has 0 fully saturated rings. The number of nitrogens with zero attached hydrogens (tertiary/aromatic N) is 2. The third kappa shape index (κ3) is 3.02. The number of hydrogen-bond donors (Lipinski definition) is 2. The van der Waals surface area contributed by atoms with E-state index in [0.717, 1.165) is 5.56 Å². The molecule has 0 radical (unpaired) electrons. The van der Waals surface area contributed by atoms with Gasteiger partial charge in [0.1, 0.15) is 15.3 Å². The SMILES string of the molecule is Cc1cc(NS(=O)(=O)c2cccnc2N)cnc1Br. The molecule has 2 heterocycles. The fourth-order valence-electron chi connectivity index (χ4n) is 1.45. The van der Waals surface area contributed by atoms with Crippen molar-refractivity contribution in [1.82, 2.24) is 9.97 Å². The van der Waals surface area contributed by atoms with Gasteiger partial charge < -0.3 is 5.73 Å².